The Morgan fingerprint density at radius 3 is 2.67 bits per heavy atom. The predicted molar refractivity (Wildman–Crippen MR) is 50.1 cm³/mol. The topological polar surface area (TPSA) is 37.3 Å². The molecule has 0 bridgehead atoms. The van der Waals surface area contributed by atoms with Crippen molar-refractivity contribution in [2.24, 2.45) is 5.92 Å². The zero-order chi connectivity index (χ0) is 9.40. The molecule has 0 spiro atoms. The first-order valence-corrected chi connectivity index (χ1v) is 4.56. The van der Waals surface area contributed by atoms with Crippen LogP contribution >= 0.6 is 0 Å². The second-order valence-electron chi connectivity index (χ2n) is 3.09. The Balaban J connectivity index is 3.40. The Labute approximate surface area is 74.3 Å². The van der Waals surface area contributed by atoms with Gasteiger partial charge in [0.25, 0.3) is 0 Å². The second-order valence-corrected chi connectivity index (χ2v) is 3.09. The Morgan fingerprint density at radius 1 is 1.50 bits per heavy atom. The van der Waals surface area contributed by atoms with E-state index < -0.39 is 5.97 Å². The quantitative estimate of drug-likeness (QED) is 0.491. The fraction of sp³-hybridized carbons (Fsp3) is 0.700. The van der Waals surface area contributed by atoms with Gasteiger partial charge in [0, 0.05) is 0 Å². The number of unbranched alkanes of at least 4 members (excludes halogenated alkanes) is 2. The summed E-state index contributed by atoms with van der Waals surface area (Å²) in [5, 5.41) is 8.55. The molecular weight excluding hydrogens is 152 g/mol. The number of aliphatic carboxylic acids is 1. The van der Waals surface area contributed by atoms with E-state index in [1.165, 1.54) is 12.8 Å². The van der Waals surface area contributed by atoms with Gasteiger partial charge < -0.3 is 5.11 Å². The van der Waals surface area contributed by atoms with Gasteiger partial charge in [0.2, 0.25) is 0 Å². The van der Waals surface area contributed by atoms with Gasteiger partial charge in [-0.3, -0.25) is 4.79 Å². The van der Waals surface area contributed by atoms with E-state index in [0.29, 0.717) is 6.42 Å². The molecule has 0 radical (unpaired) electrons. The minimum Gasteiger partial charge on any atom is -0.481 e. The molecule has 0 heterocycles. The third-order valence-corrected chi connectivity index (χ3v) is 1.80. The summed E-state index contributed by atoms with van der Waals surface area (Å²) in [7, 11) is 0. The molecule has 0 amide bonds. The van der Waals surface area contributed by atoms with Crippen LogP contribution < -0.4 is 0 Å². The van der Waals surface area contributed by atoms with Gasteiger partial charge in [0.15, 0.2) is 0 Å². The lowest BCUT2D eigenvalue weighted by Crippen LogP contribution is -2.07. The van der Waals surface area contributed by atoms with Crippen molar-refractivity contribution in [3.63, 3.8) is 0 Å². The van der Waals surface area contributed by atoms with Crippen molar-refractivity contribution in [2.75, 3.05) is 0 Å². The molecule has 0 aliphatic heterocycles. The van der Waals surface area contributed by atoms with E-state index in [1.54, 1.807) is 6.92 Å². The molecule has 0 aromatic carbocycles. The van der Waals surface area contributed by atoms with Gasteiger partial charge in [-0.1, -0.05) is 38.8 Å². The van der Waals surface area contributed by atoms with Crippen LogP contribution in [0.2, 0.25) is 0 Å². The van der Waals surface area contributed by atoms with Crippen molar-refractivity contribution in [1.29, 1.82) is 0 Å². The number of allylic oxidation sites excluding steroid dienone is 2. The lowest BCUT2D eigenvalue weighted by atomic mass is 10.1. The van der Waals surface area contributed by atoms with Crippen LogP contribution in [0, 0.1) is 5.92 Å². The van der Waals surface area contributed by atoms with Crippen LogP contribution in [0.3, 0.4) is 0 Å². The molecule has 0 fully saturated rings. The summed E-state index contributed by atoms with van der Waals surface area (Å²) in [6, 6.07) is 0. The smallest absolute Gasteiger partial charge is 0.306 e. The molecule has 0 saturated carbocycles. The Hall–Kier alpha value is -0.790. The Bertz CT molecular complexity index is 150. The highest BCUT2D eigenvalue weighted by atomic mass is 16.4. The fourth-order valence-electron chi connectivity index (χ4n) is 0.841. The third kappa shape index (κ3) is 5.96. The maximum absolute atomic E-state index is 10.4. The summed E-state index contributed by atoms with van der Waals surface area (Å²) in [6.07, 6.45) is 8.15. The Morgan fingerprint density at radius 2 is 2.17 bits per heavy atom. The van der Waals surface area contributed by atoms with E-state index in [2.05, 4.69) is 13.0 Å². The summed E-state index contributed by atoms with van der Waals surface area (Å²) in [5.41, 5.74) is 0. The first kappa shape index (κ1) is 11.2. The molecule has 0 aliphatic carbocycles. The van der Waals surface area contributed by atoms with E-state index in [9.17, 15) is 4.79 Å². The first-order valence-electron chi connectivity index (χ1n) is 4.56. The van der Waals surface area contributed by atoms with Crippen molar-refractivity contribution in [3.8, 4) is 0 Å². The summed E-state index contributed by atoms with van der Waals surface area (Å²) in [6.45, 7) is 3.88. The zero-order valence-electron chi connectivity index (χ0n) is 7.92. The molecule has 2 nitrogen and oxygen atoms in total. The molecular formula is C10H18O2. The molecule has 1 unspecified atom stereocenters. The Kier molecular flexibility index (Phi) is 6.44. The maximum Gasteiger partial charge on any atom is 0.306 e. The minimum absolute atomic E-state index is 0.247. The molecule has 12 heavy (non-hydrogen) atoms. The summed E-state index contributed by atoms with van der Waals surface area (Å²) in [5.74, 6) is -0.960. The zero-order valence-corrected chi connectivity index (χ0v) is 7.92. The minimum atomic E-state index is -0.713. The van der Waals surface area contributed by atoms with Gasteiger partial charge in [0.05, 0.1) is 5.92 Å². The van der Waals surface area contributed by atoms with Crippen LogP contribution in [-0.2, 0) is 4.79 Å². The predicted octanol–water partition coefficient (Wildman–Crippen LogP) is 2.84. The summed E-state index contributed by atoms with van der Waals surface area (Å²) >= 11 is 0. The van der Waals surface area contributed by atoms with E-state index in [1.807, 2.05) is 6.08 Å². The highest BCUT2D eigenvalue weighted by Crippen LogP contribution is 2.04. The standard InChI is InChI=1S/C10H18O2/c1-3-4-5-6-7-8-9(2)10(11)12/h6-7,9H,3-5,8H2,1-2H3,(H,11,12)/b7-6-. The molecule has 70 valence electrons. The highest BCUT2D eigenvalue weighted by molar-refractivity contribution is 5.69. The van der Waals surface area contributed by atoms with Crippen LogP contribution in [-0.4, -0.2) is 11.1 Å². The van der Waals surface area contributed by atoms with Gasteiger partial charge in [-0.05, 0) is 12.8 Å². The first-order chi connectivity index (χ1) is 5.68. The van der Waals surface area contributed by atoms with Crippen LogP contribution in [0.5, 0.6) is 0 Å². The van der Waals surface area contributed by atoms with Crippen LogP contribution in [0.25, 0.3) is 0 Å². The van der Waals surface area contributed by atoms with Crippen molar-refractivity contribution in [3.05, 3.63) is 12.2 Å². The molecule has 2 heteroatoms. The monoisotopic (exact) mass is 170 g/mol. The number of hydrogen-bond acceptors (Lipinski definition) is 1. The van der Waals surface area contributed by atoms with E-state index in [4.69, 9.17) is 5.11 Å². The molecule has 1 atom stereocenters. The highest BCUT2D eigenvalue weighted by Gasteiger charge is 2.06. The van der Waals surface area contributed by atoms with E-state index in [-0.39, 0.29) is 5.92 Å². The van der Waals surface area contributed by atoms with Gasteiger partial charge in [0.1, 0.15) is 0 Å². The normalized spacial score (nSPS) is 13.5. The number of rotatable bonds is 6. The molecule has 0 aromatic rings. The average Bonchev–Trinajstić information content (AvgIpc) is 2.03. The van der Waals surface area contributed by atoms with Crippen LogP contribution in [0.1, 0.15) is 39.5 Å². The number of hydrogen-bond donors (Lipinski definition) is 1. The molecule has 0 saturated heterocycles. The van der Waals surface area contributed by atoms with Crippen LogP contribution in [0.15, 0.2) is 12.2 Å². The fourth-order valence-corrected chi connectivity index (χ4v) is 0.841. The van der Waals surface area contributed by atoms with Crippen molar-refractivity contribution in [2.45, 2.75) is 39.5 Å². The molecule has 0 aromatic heterocycles. The second kappa shape index (κ2) is 6.89. The summed E-state index contributed by atoms with van der Waals surface area (Å²) in [4.78, 5) is 10.4. The van der Waals surface area contributed by atoms with Gasteiger partial charge >= 0.3 is 5.97 Å². The van der Waals surface area contributed by atoms with Gasteiger partial charge in [-0.2, -0.15) is 0 Å². The molecule has 1 N–H and O–H groups in total. The lowest BCUT2D eigenvalue weighted by Gasteiger charge is -1.99. The van der Waals surface area contributed by atoms with Crippen molar-refractivity contribution in [1.82, 2.24) is 0 Å². The lowest BCUT2D eigenvalue weighted by molar-refractivity contribution is -0.140. The van der Waals surface area contributed by atoms with Crippen LogP contribution in [0.4, 0.5) is 0 Å². The van der Waals surface area contributed by atoms with Crippen molar-refractivity contribution < 1.29 is 9.90 Å². The van der Waals surface area contributed by atoms with E-state index in [0.717, 1.165) is 6.42 Å². The average molecular weight is 170 g/mol. The van der Waals surface area contributed by atoms with Crippen molar-refractivity contribution >= 4 is 5.97 Å². The SMILES string of the molecule is CCCC/C=C\CC(C)C(=O)O. The number of carbonyl (C=O) groups is 1. The molecule has 0 aliphatic rings. The third-order valence-electron chi connectivity index (χ3n) is 1.80. The van der Waals surface area contributed by atoms with E-state index >= 15 is 0 Å². The van der Waals surface area contributed by atoms with Gasteiger partial charge in [-0.25, -0.2) is 0 Å². The van der Waals surface area contributed by atoms with Gasteiger partial charge in [-0.15, -0.1) is 0 Å². The number of carboxylic acids is 1. The molecule has 0 rings (SSSR count). The number of carboxylic acid groups (broad SMARTS) is 1. The summed E-state index contributed by atoms with van der Waals surface area (Å²) < 4.78 is 0. The largest absolute Gasteiger partial charge is 0.481 e. The maximum atomic E-state index is 10.4.